The Balaban J connectivity index is 1.55. The third kappa shape index (κ3) is 4.12. The largest absolute Gasteiger partial charge is 0.495 e. The van der Waals surface area contributed by atoms with Gasteiger partial charge in [-0.25, -0.2) is 0 Å². The Morgan fingerprint density at radius 3 is 2.44 bits per heavy atom. The summed E-state index contributed by atoms with van der Waals surface area (Å²) in [5, 5.41) is 3.10. The number of amides is 1. The van der Waals surface area contributed by atoms with Crippen LogP contribution in [0.2, 0.25) is 0 Å². The van der Waals surface area contributed by atoms with Crippen molar-refractivity contribution in [1.82, 2.24) is 5.32 Å². The predicted octanol–water partition coefficient (Wildman–Crippen LogP) is 2.48. The molecule has 0 radical (unpaired) electrons. The fourth-order valence-corrected chi connectivity index (χ4v) is 3.26. The van der Waals surface area contributed by atoms with Gasteiger partial charge in [0.25, 0.3) is 0 Å². The molecule has 0 aromatic heterocycles. The van der Waals surface area contributed by atoms with Gasteiger partial charge in [-0.2, -0.15) is 0 Å². The number of hydrogen-bond acceptors (Lipinski definition) is 4. The SMILES string of the molecule is COc1ccccc1N1CCC(NC(=O)C(N)c2ccccc2)CC1. The van der Waals surface area contributed by atoms with Gasteiger partial charge in [0.05, 0.1) is 12.8 Å². The molecule has 0 spiro atoms. The molecule has 25 heavy (non-hydrogen) atoms. The summed E-state index contributed by atoms with van der Waals surface area (Å²) in [4.78, 5) is 14.7. The average molecular weight is 339 g/mol. The normalized spacial score (nSPS) is 16.3. The van der Waals surface area contributed by atoms with Gasteiger partial charge in [0.2, 0.25) is 5.91 Å². The van der Waals surface area contributed by atoms with E-state index in [1.807, 2.05) is 48.5 Å². The van der Waals surface area contributed by atoms with E-state index in [4.69, 9.17) is 10.5 Å². The maximum Gasteiger partial charge on any atom is 0.241 e. The number of methoxy groups -OCH3 is 1. The lowest BCUT2D eigenvalue weighted by Crippen LogP contribution is -2.47. The highest BCUT2D eigenvalue weighted by atomic mass is 16.5. The van der Waals surface area contributed by atoms with E-state index in [0.29, 0.717) is 0 Å². The minimum absolute atomic E-state index is 0.109. The number of carbonyl (C=O) groups excluding carboxylic acids is 1. The van der Waals surface area contributed by atoms with Crippen molar-refractivity contribution in [1.29, 1.82) is 0 Å². The summed E-state index contributed by atoms with van der Waals surface area (Å²) in [6.07, 6.45) is 1.79. The minimum Gasteiger partial charge on any atom is -0.495 e. The number of nitrogens with zero attached hydrogens (tertiary/aromatic N) is 1. The number of hydrogen-bond donors (Lipinski definition) is 2. The molecule has 0 bridgehead atoms. The molecule has 1 aliphatic heterocycles. The van der Waals surface area contributed by atoms with Gasteiger partial charge in [-0.05, 0) is 30.5 Å². The predicted molar refractivity (Wildman–Crippen MR) is 99.7 cm³/mol. The van der Waals surface area contributed by atoms with Gasteiger partial charge in [-0.3, -0.25) is 4.79 Å². The molecule has 1 amide bonds. The Kier molecular flexibility index (Phi) is 5.56. The van der Waals surface area contributed by atoms with E-state index in [1.165, 1.54) is 0 Å². The Bertz CT molecular complexity index is 697. The molecule has 2 aromatic carbocycles. The Morgan fingerprint density at radius 2 is 1.76 bits per heavy atom. The van der Waals surface area contributed by atoms with Gasteiger partial charge in [0, 0.05) is 19.1 Å². The van der Waals surface area contributed by atoms with Crippen LogP contribution < -0.4 is 20.7 Å². The molecule has 1 unspecified atom stereocenters. The summed E-state index contributed by atoms with van der Waals surface area (Å²) < 4.78 is 5.44. The lowest BCUT2D eigenvalue weighted by atomic mass is 10.0. The first-order valence-electron chi connectivity index (χ1n) is 8.68. The molecule has 1 fully saturated rings. The summed E-state index contributed by atoms with van der Waals surface area (Å²) in [5.74, 6) is 0.776. The smallest absolute Gasteiger partial charge is 0.241 e. The molecule has 0 saturated carbocycles. The van der Waals surface area contributed by atoms with Crippen LogP contribution in [0, 0.1) is 0 Å². The molecule has 132 valence electrons. The third-order valence-corrected chi connectivity index (χ3v) is 4.71. The topological polar surface area (TPSA) is 67.6 Å². The number of nitrogens with one attached hydrogen (secondary N) is 1. The number of para-hydroxylation sites is 2. The Hall–Kier alpha value is -2.53. The average Bonchev–Trinajstić information content (AvgIpc) is 2.68. The summed E-state index contributed by atoms with van der Waals surface area (Å²) in [6, 6.07) is 17.1. The number of benzene rings is 2. The van der Waals surface area contributed by atoms with Crippen molar-refractivity contribution < 1.29 is 9.53 Å². The van der Waals surface area contributed by atoms with E-state index in [-0.39, 0.29) is 11.9 Å². The Labute approximate surface area is 148 Å². The monoisotopic (exact) mass is 339 g/mol. The molecule has 5 heteroatoms. The summed E-state index contributed by atoms with van der Waals surface area (Å²) in [5.41, 5.74) is 8.02. The van der Waals surface area contributed by atoms with E-state index in [0.717, 1.165) is 42.9 Å². The molecule has 1 heterocycles. The minimum atomic E-state index is -0.617. The van der Waals surface area contributed by atoms with E-state index in [9.17, 15) is 4.79 Å². The van der Waals surface area contributed by atoms with Crippen molar-refractivity contribution in [3.05, 3.63) is 60.2 Å². The van der Waals surface area contributed by atoms with Gasteiger partial charge < -0.3 is 20.7 Å². The zero-order chi connectivity index (χ0) is 17.6. The fourth-order valence-electron chi connectivity index (χ4n) is 3.26. The van der Waals surface area contributed by atoms with Crippen molar-refractivity contribution in [2.45, 2.75) is 24.9 Å². The van der Waals surface area contributed by atoms with Crippen LogP contribution in [0.25, 0.3) is 0 Å². The van der Waals surface area contributed by atoms with E-state index in [2.05, 4.69) is 16.3 Å². The van der Waals surface area contributed by atoms with Crippen LogP contribution in [-0.4, -0.2) is 32.1 Å². The highest BCUT2D eigenvalue weighted by molar-refractivity contribution is 5.83. The van der Waals surface area contributed by atoms with Crippen LogP contribution in [0.5, 0.6) is 5.75 Å². The van der Waals surface area contributed by atoms with Gasteiger partial charge in [-0.1, -0.05) is 42.5 Å². The fraction of sp³-hybridized carbons (Fsp3) is 0.350. The molecular formula is C20H25N3O2. The van der Waals surface area contributed by atoms with Crippen LogP contribution in [0.1, 0.15) is 24.4 Å². The van der Waals surface area contributed by atoms with Crippen molar-refractivity contribution in [2.24, 2.45) is 5.73 Å². The molecule has 5 nitrogen and oxygen atoms in total. The van der Waals surface area contributed by atoms with Crippen LogP contribution in [0.4, 0.5) is 5.69 Å². The molecule has 3 rings (SSSR count). The first-order chi connectivity index (χ1) is 12.2. The Morgan fingerprint density at radius 1 is 1.12 bits per heavy atom. The first-order valence-corrected chi connectivity index (χ1v) is 8.68. The number of ether oxygens (including phenoxy) is 1. The number of piperidine rings is 1. The van der Waals surface area contributed by atoms with Crippen LogP contribution >= 0.6 is 0 Å². The lowest BCUT2D eigenvalue weighted by Gasteiger charge is -2.35. The lowest BCUT2D eigenvalue weighted by molar-refractivity contribution is -0.123. The highest BCUT2D eigenvalue weighted by Crippen LogP contribution is 2.29. The summed E-state index contributed by atoms with van der Waals surface area (Å²) in [7, 11) is 1.69. The van der Waals surface area contributed by atoms with Crippen LogP contribution in [-0.2, 0) is 4.79 Å². The quantitative estimate of drug-likeness (QED) is 0.878. The standard InChI is InChI=1S/C20H25N3O2/c1-25-18-10-6-5-9-17(18)23-13-11-16(12-14-23)22-20(24)19(21)15-7-3-2-4-8-15/h2-10,16,19H,11-14,21H2,1H3,(H,22,24). The second-order valence-electron chi connectivity index (χ2n) is 6.33. The van der Waals surface area contributed by atoms with Crippen LogP contribution in [0.3, 0.4) is 0 Å². The first kappa shape index (κ1) is 17.3. The van der Waals surface area contributed by atoms with Crippen molar-refractivity contribution in [2.75, 3.05) is 25.1 Å². The molecule has 1 saturated heterocycles. The number of nitrogens with two attached hydrogens (primary N) is 1. The second-order valence-corrected chi connectivity index (χ2v) is 6.33. The van der Waals surface area contributed by atoms with Crippen molar-refractivity contribution in [3.8, 4) is 5.75 Å². The summed E-state index contributed by atoms with van der Waals surface area (Å²) in [6.45, 7) is 1.76. The highest BCUT2D eigenvalue weighted by Gasteiger charge is 2.24. The molecule has 1 atom stereocenters. The van der Waals surface area contributed by atoms with Crippen molar-refractivity contribution in [3.63, 3.8) is 0 Å². The number of anilines is 1. The van der Waals surface area contributed by atoms with Crippen molar-refractivity contribution >= 4 is 11.6 Å². The van der Waals surface area contributed by atoms with E-state index >= 15 is 0 Å². The van der Waals surface area contributed by atoms with E-state index in [1.54, 1.807) is 7.11 Å². The van der Waals surface area contributed by atoms with Gasteiger partial charge in [-0.15, -0.1) is 0 Å². The molecule has 0 aliphatic carbocycles. The molecule has 3 N–H and O–H groups in total. The molecule has 1 aliphatic rings. The van der Waals surface area contributed by atoms with Gasteiger partial charge in [0.1, 0.15) is 11.8 Å². The maximum absolute atomic E-state index is 12.4. The number of carbonyl (C=O) groups is 1. The zero-order valence-corrected chi connectivity index (χ0v) is 14.5. The van der Waals surface area contributed by atoms with E-state index < -0.39 is 6.04 Å². The van der Waals surface area contributed by atoms with Gasteiger partial charge in [0.15, 0.2) is 0 Å². The second kappa shape index (κ2) is 8.03. The van der Waals surface area contributed by atoms with Gasteiger partial charge >= 0.3 is 0 Å². The zero-order valence-electron chi connectivity index (χ0n) is 14.5. The number of rotatable bonds is 5. The molecule has 2 aromatic rings. The maximum atomic E-state index is 12.4. The van der Waals surface area contributed by atoms with Crippen LogP contribution in [0.15, 0.2) is 54.6 Å². The molecular weight excluding hydrogens is 314 g/mol. The summed E-state index contributed by atoms with van der Waals surface area (Å²) >= 11 is 0. The third-order valence-electron chi connectivity index (χ3n) is 4.71.